The number of ether oxygens (including phenoxy) is 1. The van der Waals surface area contributed by atoms with Crippen LogP contribution < -0.4 is 5.32 Å². The Morgan fingerprint density at radius 3 is 2.77 bits per heavy atom. The van der Waals surface area contributed by atoms with Crippen LogP contribution >= 0.6 is 0 Å². The number of aliphatic carboxylic acids is 1. The van der Waals surface area contributed by atoms with Gasteiger partial charge in [0.1, 0.15) is 0 Å². The van der Waals surface area contributed by atoms with Gasteiger partial charge in [0.15, 0.2) is 0 Å². The second-order valence-electron chi connectivity index (χ2n) is 5.70. The van der Waals surface area contributed by atoms with E-state index in [9.17, 15) is 9.59 Å². The van der Waals surface area contributed by atoms with Crippen molar-refractivity contribution in [3.63, 3.8) is 0 Å². The molecule has 6 heteroatoms. The van der Waals surface area contributed by atoms with Crippen LogP contribution in [0.5, 0.6) is 0 Å². The van der Waals surface area contributed by atoms with Crippen molar-refractivity contribution in [2.24, 2.45) is 0 Å². The molecule has 0 bridgehead atoms. The Morgan fingerprint density at radius 2 is 2.05 bits per heavy atom. The molecule has 1 aliphatic rings. The highest BCUT2D eigenvalue weighted by atomic mass is 16.5. The Kier molecular flexibility index (Phi) is 3.85. The van der Waals surface area contributed by atoms with E-state index in [0.717, 1.165) is 10.9 Å². The van der Waals surface area contributed by atoms with Crippen LogP contribution in [-0.2, 0) is 9.53 Å². The molecule has 116 valence electrons. The van der Waals surface area contributed by atoms with Crippen molar-refractivity contribution in [3.8, 4) is 0 Å². The maximum atomic E-state index is 12.5. The van der Waals surface area contributed by atoms with Crippen LogP contribution in [0.15, 0.2) is 30.5 Å². The second-order valence-corrected chi connectivity index (χ2v) is 5.70. The zero-order valence-electron chi connectivity index (χ0n) is 12.1. The van der Waals surface area contributed by atoms with Crippen molar-refractivity contribution in [1.29, 1.82) is 0 Å². The first-order chi connectivity index (χ1) is 10.6. The van der Waals surface area contributed by atoms with Crippen LogP contribution in [0.2, 0.25) is 0 Å². The summed E-state index contributed by atoms with van der Waals surface area (Å²) in [7, 11) is 0. The van der Waals surface area contributed by atoms with E-state index >= 15 is 0 Å². The molecule has 0 unspecified atom stereocenters. The molecule has 0 saturated carbocycles. The lowest BCUT2D eigenvalue weighted by molar-refractivity contribution is -0.139. The molecule has 1 aromatic carbocycles. The average molecular weight is 302 g/mol. The Morgan fingerprint density at radius 1 is 1.27 bits per heavy atom. The van der Waals surface area contributed by atoms with Gasteiger partial charge in [-0.05, 0) is 37.1 Å². The normalized spacial score (nSPS) is 17.3. The Balaban J connectivity index is 1.81. The number of rotatable bonds is 4. The molecule has 22 heavy (non-hydrogen) atoms. The van der Waals surface area contributed by atoms with Gasteiger partial charge < -0.3 is 20.1 Å². The maximum absolute atomic E-state index is 12.5. The highest BCUT2D eigenvalue weighted by Gasteiger charge is 2.36. The van der Waals surface area contributed by atoms with E-state index in [1.165, 1.54) is 0 Å². The number of carboxylic acids is 1. The monoisotopic (exact) mass is 302 g/mol. The molecule has 0 spiro atoms. The standard InChI is InChI=1S/C16H18N2O4/c19-14(20)10-16(4-7-22-8-5-16)18-15(21)12-1-2-13-11(9-12)3-6-17-13/h1-3,6,9,17H,4-5,7-8,10H2,(H,18,21)(H,19,20). The molecule has 6 nitrogen and oxygen atoms in total. The third kappa shape index (κ3) is 2.96. The van der Waals surface area contributed by atoms with Gasteiger partial charge in [0.05, 0.1) is 12.0 Å². The third-order valence-corrected chi connectivity index (χ3v) is 4.13. The molecule has 1 aromatic heterocycles. The SMILES string of the molecule is O=C(O)CC1(NC(=O)c2ccc3[nH]ccc3c2)CCOCC1. The van der Waals surface area contributed by atoms with E-state index in [-0.39, 0.29) is 12.3 Å². The molecule has 2 heterocycles. The summed E-state index contributed by atoms with van der Waals surface area (Å²) >= 11 is 0. The number of nitrogens with one attached hydrogen (secondary N) is 2. The second kappa shape index (κ2) is 5.81. The average Bonchev–Trinajstić information content (AvgIpc) is 2.94. The number of carboxylic acid groups (broad SMARTS) is 1. The van der Waals surface area contributed by atoms with Crippen LogP contribution in [0, 0.1) is 0 Å². The molecule has 1 aliphatic heterocycles. The maximum Gasteiger partial charge on any atom is 0.305 e. The lowest BCUT2D eigenvalue weighted by Crippen LogP contribution is -2.53. The predicted molar refractivity (Wildman–Crippen MR) is 80.8 cm³/mol. The van der Waals surface area contributed by atoms with E-state index in [4.69, 9.17) is 9.84 Å². The van der Waals surface area contributed by atoms with Gasteiger partial charge in [-0.15, -0.1) is 0 Å². The van der Waals surface area contributed by atoms with Crippen LogP contribution in [0.4, 0.5) is 0 Å². The minimum atomic E-state index is -0.914. The number of aromatic amines is 1. The highest BCUT2D eigenvalue weighted by molar-refractivity contribution is 5.98. The number of aromatic nitrogens is 1. The largest absolute Gasteiger partial charge is 0.481 e. The number of carbonyl (C=O) groups excluding carboxylic acids is 1. The van der Waals surface area contributed by atoms with E-state index in [1.54, 1.807) is 12.1 Å². The molecule has 1 saturated heterocycles. The van der Waals surface area contributed by atoms with Gasteiger partial charge in [-0.2, -0.15) is 0 Å². The summed E-state index contributed by atoms with van der Waals surface area (Å²) in [6.07, 6.45) is 2.75. The summed E-state index contributed by atoms with van der Waals surface area (Å²) < 4.78 is 5.29. The number of carbonyl (C=O) groups is 2. The fraction of sp³-hybridized carbons (Fsp3) is 0.375. The summed E-state index contributed by atoms with van der Waals surface area (Å²) in [4.78, 5) is 26.7. The van der Waals surface area contributed by atoms with Gasteiger partial charge in [-0.1, -0.05) is 0 Å². The Bertz CT molecular complexity index is 701. The number of hydrogen-bond acceptors (Lipinski definition) is 3. The molecule has 0 aliphatic carbocycles. The van der Waals surface area contributed by atoms with Crippen molar-refractivity contribution in [2.45, 2.75) is 24.8 Å². The third-order valence-electron chi connectivity index (χ3n) is 4.13. The smallest absolute Gasteiger partial charge is 0.305 e. The quantitative estimate of drug-likeness (QED) is 0.804. The van der Waals surface area contributed by atoms with Gasteiger partial charge >= 0.3 is 5.97 Å². The fourth-order valence-corrected chi connectivity index (χ4v) is 2.91. The summed E-state index contributed by atoms with van der Waals surface area (Å²) in [5.74, 6) is -1.16. The minimum Gasteiger partial charge on any atom is -0.481 e. The van der Waals surface area contributed by atoms with Gasteiger partial charge in [0.2, 0.25) is 0 Å². The van der Waals surface area contributed by atoms with Gasteiger partial charge in [-0.25, -0.2) is 0 Å². The lowest BCUT2D eigenvalue weighted by Gasteiger charge is -2.36. The summed E-state index contributed by atoms with van der Waals surface area (Å²) in [6.45, 7) is 0.925. The highest BCUT2D eigenvalue weighted by Crippen LogP contribution is 2.25. The molecule has 2 aromatic rings. The van der Waals surface area contributed by atoms with E-state index < -0.39 is 11.5 Å². The molecule has 0 radical (unpaired) electrons. The molecular weight excluding hydrogens is 284 g/mol. The summed E-state index contributed by atoms with van der Waals surface area (Å²) in [5, 5.41) is 13.0. The summed E-state index contributed by atoms with van der Waals surface area (Å²) in [6, 6.07) is 7.28. The molecule has 0 atom stereocenters. The van der Waals surface area contributed by atoms with E-state index in [1.807, 2.05) is 18.3 Å². The zero-order valence-corrected chi connectivity index (χ0v) is 12.1. The number of H-pyrrole nitrogens is 1. The molecule has 1 amide bonds. The van der Waals surface area contributed by atoms with Crippen molar-refractivity contribution < 1.29 is 19.4 Å². The number of benzene rings is 1. The Labute approximate surface area is 127 Å². The first-order valence-electron chi connectivity index (χ1n) is 7.27. The predicted octanol–water partition coefficient (Wildman–Crippen LogP) is 1.92. The number of amides is 1. The van der Waals surface area contributed by atoms with Gasteiger partial charge in [-0.3, -0.25) is 9.59 Å². The van der Waals surface area contributed by atoms with Crippen molar-refractivity contribution in [1.82, 2.24) is 10.3 Å². The topological polar surface area (TPSA) is 91.4 Å². The van der Waals surface area contributed by atoms with Crippen LogP contribution in [0.1, 0.15) is 29.6 Å². The molecule has 3 rings (SSSR count). The molecular formula is C16H18N2O4. The molecule has 3 N–H and O–H groups in total. The van der Waals surface area contributed by atoms with Crippen LogP contribution in [0.25, 0.3) is 10.9 Å². The van der Waals surface area contributed by atoms with Gasteiger partial charge in [0.25, 0.3) is 5.91 Å². The van der Waals surface area contributed by atoms with E-state index in [2.05, 4.69) is 10.3 Å². The first-order valence-corrected chi connectivity index (χ1v) is 7.27. The Hall–Kier alpha value is -2.34. The first kappa shape index (κ1) is 14.6. The van der Waals surface area contributed by atoms with Crippen molar-refractivity contribution in [3.05, 3.63) is 36.0 Å². The van der Waals surface area contributed by atoms with Crippen LogP contribution in [-0.4, -0.2) is 40.7 Å². The number of hydrogen-bond donors (Lipinski definition) is 3. The van der Waals surface area contributed by atoms with E-state index in [0.29, 0.717) is 31.6 Å². The van der Waals surface area contributed by atoms with Crippen molar-refractivity contribution >= 4 is 22.8 Å². The molecule has 1 fully saturated rings. The number of fused-ring (bicyclic) bond motifs is 1. The van der Waals surface area contributed by atoms with Gasteiger partial charge in [0, 0.05) is 35.9 Å². The lowest BCUT2D eigenvalue weighted by atomic mass is 9.86. The zero-order chi connectivity index (χ0) is 15.6. The van der Waals surface area contributed by atoms with Crippen LogP contribution in [0.3, 0.4) is 0 Å². The van der Waals surface area contributed by atoms with Crippen molar-refractivity contribution in [2.75, 3.05) is 13.2 Å². The fourth-order valence-electron chi connectivity index (χ4n) is 2.91. The summed E-state index contributed by atoms with van der Waals surface area (Å²) in [5.41, 5.74) is 0.764. The minimum absolute atomic E-state index is 0.0888.